The van der Waals surface area contributed by atoms with Gasteiger partial charge >= 0.3 is 0 Å². The molecule has 1 aliphatic heterocycles. The summed E-state index contributed by atoms with van der Waals surface area (Å²) in [6.07, 6.45) is 5.69. The third-order valence-corrected chi connectivity index (χ3v) is 7.37. The molecular formula is C21H23N3O5S. The minimum atomic E-state index is -3.98. The van der Waals surface area contributed by atoms with E-state index in [2.05, 4.69) is 4.72 Å². The van der Waals surface area contributed by atoms with Crippen LogP contribution in [0.3, 0.4) is 0 Å². The van der Waals surface area contributed by atoms with E-state index in [-0.39, 0.29) is 22.2 Å². The van der Waals surface area contributed by atoms with E-state index in [4.69, 9.17) is 0 Å². The Hall–Kier alpha value is -2.94. The molecule has 4 rings (SSSR count). The van der Waals surface area contributed by atoms with Gasteiger partial charge in [-0.1, -0.05) is 18.9 Å². The fourth-order valence-electron chi connectivity index (χ4n) is 4.48. The average molecular weight is 429 g/mol. The van der Waals surface area contributed by atoms with Crippen LogP contribution in [0.2, 0.25) is 0 Å². The van der Waals surface area contributed by atoms with E-state index in [1.807, 2.05) is 4.90 Å². The van der Waals surface area contributed by atoms with Crippen LogP contribution in [0.25, 0.3) is 0 Å². The molecule has 2 fully saturated rings. The Kier molecular flexibility index (Phi) is 5.46. The van der Waals surface area contributed by atoms with Crippen molar-refractivity contribution in [3.63, 3.8) is 0 Å². The van der Waals surface area contributed by atoms with Gasteiger partial charge in [0, 0.05) is 36.0 Å². The second-order valence-electron chi connectivity index (χ2n) is 7.84. The number of nitrogens with one attached hydrogen (secondary N) is 1. The number of amides is 1. The summed E-state index contributed by atoms with van der Waals surface area (Å²) in [7, 11) is -3.98. The Morgan fingerprint density at radius 1 is 1.07 bits per heavy atom. The number of nitrogens with zero attached hydrogens (tertiary/aromatic N) is 2. The van der Waals surface area contributed by atoms with Crippen molar-refractivity contribution in [2.24, 2.45) is 5.92 Å². The number of carbonyl (C=O) groups is 1. The quantitative estimate of drug-likeness (QED) is 0.574. The molecule has 2 unspecified atom stereocenters. The van der Waals surface area contributed by atoms with Crippen LogP contribution in [0, 0.1) is 16.0 Å². The first-order chi connectivity index (χ1) is 14.3. The van der Waals surface area contributed by atoms with Gasteiger partial charge in [0.05, 0.1) is 9.82 Å². The lowest BCUT2D eigenvalue weighted by molar-refractivity contribution is -0.385. The number of hydrogen-bond donors (Lipinski definition) is 1. The number of rotatable bonds is 5. The maximum atomic E-state index is 12.9. The molecule has 0 spiro atoms. The second-order valence-corrected chi connectivity index (χ2v) is 9.52. The Bertz CT molecular complexity index is 1070. The van der Waals surface area contributed by atoms with Gasteiger partial charge in [0.2, 0.25) is 0 Å². The van der Waals surface area contributed by atoms with Crippen molar-refractivity contribution < 1.29 is 18.1 Å². The van der Waals surface area contributed by atoms with Crippen molar-refractivity contribution in [1.82, 2.24) is 4.90 Å². The van der Waals surface area contributed by atoms with Crippen LogP contribution >= 0.6 is 0 Å². The van der Waals surface area contributed by atoms with Gasteiger partial charge in [0.25, 0.3) is 21.6 Å². The summed E-state index contributed by atoms with van der Waals surface area (Å²) in [4.78, 5) is 25.0. The van der Waals surface area contributed by atoms with Crippen molar-refractivity contribution in [3.8, 4) is 0 Å². The molecule has 9 heteroatoms. The van der Waals surface area contributed by atoms with E-state index in [0.29, 0.717) is 17.5 Å². The van der Waals surface area contributed by atoms with E-state index in [0.717, 1.165) is 31.9 Å². The van der Waals surface area contributed by atoms with Crippen molar-refractivity contribution in [3.05, 3.63) is 64.2 Å². The van der Waals surface area contributed by atoms with Crippen LogP contribution in [-0.4, -0.2) is 36.7 Å². The van der Waals surface area contributed by atoms with E-state index in [1.54, 1.807) is 12.1 Å². The number of nitro benzene ring substituents is 1. The highest BCUT2D eigenvalue weighted by atomic mass is 32.2. The lowest BCUT2D eigenvalue weighted by atomic mass is 9.85. The van der Waals surface area contributed by atoms with Crippen LogP contribution in [0.15, 0.2) is 53.4 Å². The Balaban J connectivity index is 1.48. The minimum absolute atomic E-state index is 0.0162. The Morgan fingerprint density at radius 2 is 1.80 bits per heavy atom. The fourth-order valence-corrected chi connectivity index (χ4v) is 5.58. The van der Waals surface area contributed by atoms with Crippen LogP contribution < -0.4 is 4.72 Å². The molecular weight excluding hydrogens is 406 g/mol. The van der Waals surface area contributed by atoms with Crippen LogP contribution in [0.1, 0.15) is 42.5 Å². The zero-order valence-corrected chi connectivity index (χ0v) is 17.2. The molecule has 8 nitrogen and oxygen atoms in total. The number of carbonyl (C=O) groups excluding carboxylic acids is 1. The lowest BCUT2D eigenvalue weighted by Crippen LogP contribution is -2.39. The molecule has 1 saturated heterocycles. The van der Waals surface area contributed by atoms with E-state index < -0.39 is 14.9 Å². The smallest absolute Gasteiger partial charge is 0.270 e. The first-order valence-electron chi connectivity index (χ1n) is 10.0. The number of nitro groups is 1. The number of sulfonamides is 1. The van der Waals surface area contributed by atoms with Crippen LogP contribution in [0.4, 0.5) is 11.4 Å². The summed E-state index contributed by atoms with van der Waals surface area (Å²) in [5.41, 5.74) is 0.514. The highest BCUT2D eigenvalue weighted by Gasteiger charge is 2.38. The maximum absolute atomic E-state index is 12.9. The molecule has 1 heterocycles. The van der Waals surface area contributed by atoms with E-state index in [9.17, 15) is 23.3 Å². The van der Waals surface area contributed by atoms with Crippen LogP contribution in [0.5, 0.6) is 0 Å². The second kappa shape index (κ2) is 8.06. The topological polar surface area (TPSA) is 110 Å². The molecule has 30 heavy (non-hydrogen) atoms. The van der Waals surface area contributed by atoms with Crippen LogP contribution in [-0.2, 0) is 10.0 Å². The largest absolute Gasteiger partial charge is 0.335 e. The summed E-state index contributed by atoms with van der Waals surface area (Å²) < 4.78 is 27.5. The summed E-state index contributed by atoms with van der Waals surface area (Å²) in [6.45, 7) is 0.773. The number of anilines is 1. The predicted molar refractivity (Wildman–Crippen MR) is 112 cm³/mol. The zero-order chi connectivity index (χ0) is 21.3. The van der Waals surface area contributed by atoms with Gasteiger partial charge in [-0.05, 0) is 55.5 Å². The monoisotopic (exact) mass is 429 g/mol. The molecule has 0 aromatic heterocycles. The number of hydrogen-bond acceptors (Lipinski definition) is 5. The van der Waals surface area contributed by atoms with Crippen molar-refractivity contribution in [1.29, 1.82) is 0 Å². The molecule has 2 aromatic rings. The van der Waals surface area contributed by atoms with E-state index in [1.165, 1.54) is 43.2 Å². The third-order valence-electron chi connectivity index (χ3n) is 5.99. The normalized spacial score (nSPS) is 21.1. The SMILES string of the molecule is O=C(c1ccc(NS(=O)(=O)c2cccc([N+](=O)[O-])c2)cc1)N1CCC2CCCCC21. The van der Waals surface area contributed by atoms with Crippen molar-refractivity contribution in [2.45, 2.75) is 43.0 Å². The molecule has 2 atom stereocenters. The molecule has 1 N–H and O–H groups in total. The number of likely N-dealkylation sites (tertiary alicyclic amines) is 1. The van der Waals surface area contributed by atoms with Gasteiger partial charge in [-0.3, -0.25) is 19.6 Å². The number of benzene rings is 2. The summed E-state index contributed by atoms with van der Waals surface area (Å²) >= 11 is 0. The molecule has 1 saturated carbocycles. The molecule has 1 amide bonds. The van der Waals surface area contributed by atoms with Gasteiger partial charge in [-0.15, -0.1) is 0 Å². The predicted octanol–water partition coefficient (Wildman–Crippen LogP) is 3.80. The van der Waals surface area contributed by atoms with E-state index >= 15 is 0 Å². The Labute approximate surface area is 175 Å². The zero-order valence-electron chi connectivity index (χ0n) is 16.4. The molecule has 158 valence electrons. The number of non-ortho nitro benzene ring substituents is 1. The third kappa shape index (κ3) is 4.02. The molecule has 1 aliphatic carbocycles. The summed E-state index contributed by atoms with van der Waals surface area (Å²) in [5.74, 6) is 0.584. The molecule has 0 radical (unpaired) electrons. The molecule has 2 aromatic carbocycles. The maximum Gasteiger partial charge on any atom is 0.270 e. The molecule has 2 aliphatic rings. The number of fused-ring (bicyclic) bond motifs is 1. The first kappa shape index (κ1) is 20.3. The van der Waals surface area contributed by atoms with Gasteiger partial charge in [-0.25, -0.2) is 8.42 Å². The van der Waals surface area contributed by atoms with Gasteiger partial charge in [-0.2, -0.15) is 0 Å². The lowest BCUT2D eigenvalue weighted by Gasteiger charge is -2.31. The van der Waals surface area contributed by atoms with Crippen molar-refractivity contribution in [2.75, 3.05) is 11.3 Å². The van der Waals surface area contributed by atoms with Gasteiger partial charge < -0.3 is 4.90 Å². The standard InChI is InChI=1S/C21H23N3O5S/c25-21(23-13-12-15-4-1-2-7-20(15)23)16-8-10-17(11-9-16)22-30(28,29)19-6-3-5-18(14-19)24(26)27/h3,5-6,8-11,14-15,20,22H,1-2,4,7,12-13H2. The highest BCUT2D eigenvalue weighted by molar-refractivity contribution is 7.92. The average Bonchev–Trinajstić information content (AvgIpc) is 3.18. The van der Waals surface area contributed by atoms with Crippen molar-refractivity contribution >= 4 is 27.3 Å². The molecule has 0 bridgehead atoms. The fraction of sp³-hybridized carbons (Fsp3) is 0.381. The highest BCUT2D eigenvalue weighted by Crippen LogP contribution is 2.37. The Morgan fingerprint density at radius 3 is 2.53 bits per heavy atom. The summed E-state index contributed by atoms with van der Waals surface area (Å²) in [5, 5.41) is 10.9. The van der Waals surface area contributed by atoms with Gasteiger partial charge in [0.15, 0.2) is 0 Å². The minimum Gasteiger partial charge on any atom is -0.335 e. The summed E-state index contributed by atoms with van der Waals surface area (Å²) in [6, 6.07) is 11.5. The van der Waals surface area contributed by atoms with Gasteiger partial charge in [0.1, 0.15) is 0 Å². The first-order valence-corrected chi connectivity index (χ1v) is 11.5.